The lowest BCUT2D eigenvalue weighted by atomic mass is 9.96. The van der Waals surface area contributed by atoms with Crippen LogP contribution in [0.5, 0.6) is 5.75 Å². The number of likely N-dealkylation sites (N-methyl/N-ethyl adjacent to an activating group) is 1. The van der Waals surface area contributed by atoms with Gasteiger partial charge in [0.05, 0.1) is 0 Å². The molecule has 2 aliphatic heterocycles. The van der Waals surface area contributed by atoms with Crippen LogP contribution < -0.4 is 4.74 Å². The lowest BCUT2D eigenvalue weighted by Crippen LogP contribution is -2.45. The highest BCUT2D eigenvalue weighted by Gasteiger charge is 2.24. The molecule has 0 bridgehead atoms. The van der Waals surface area contributed by atoms with Crippen LogP contribution in [0.15, 0.2) is 48.5 Å². The van der Waals surface area contributed by atoms with E-state index in [9.17, 15) is 0 Å². The summed E-state index contributed by atoms with van der Waals surface area (Å²) in [5, 5.41) is 0. The first-order chi connectivity index (χ1) is 11.8. The predicted octanol–water partition coefficient (Wildman–Crippen LogP) is 3.35. The fourth-order valence-corrected chi connectivity index (χ4v) is 3.78. The third-order valence-corrected chi connectivity index (χ3v) is 5.33. The lowest BCUT2D eigenvalue weighted by Gasteiger charge is -2.33. The average Bonchev–Trinajstić information content (AvgIpc) is 2.77. The lowest BCUT2D eigenvalue weighted by molar-refractivity contribution is 0.123. The van der Waals surface area contributed by atoms with Crippen LogP contribution in [0.3, 0.4) is 0 Å². The van der Waals surface area contributed by atoms with E-state index in [1.54, 1.807) is 0 Å². The molecule has 1 unspecified atom stereocenters. The van der Waals surface area contributed by atoms with Crippen LogP contribution in [0.1, 0.15) is 29.2 Å². The van der Waals surface area contributed by atoms with E-state index in [2.05, 4.69) is 65.4 Å². The van der Waals surface area contributed by atoms with Gasteiger partial charge in [-0.3, -0.25) is 0 Å². The van der Waals surface area contributed by atoms with Crippen molar-refractivity contribution in [1.29, 1.82) is 0 Å². The van der Waals surface area contributed by atoms with Crippen molar-refractivity contribution in [2.45, 2.75) is 18.9 Å². The van der Waals surface area contributed by atoms with Crippen molar-refractivity contribution in [2.75, 3.05) is 39.8 Å². The number of piperazine rings is 1. The standard InChI is InChI=1S/C21H26N2O/c1-22-12-14-23(15-13-22)11-10-21-19-8-4-2-6-17(19)16-18-7-3-5-9-20(18)24-21/h2-9,21H,10-16H2,1H3. The average molecular weight is 322 g/mol. The van der Waals surface area contributed by atoms with Gasteiger partial charge in [-0.15, -0.1) is 0 Å². The Bertz CT molecular complexity index is 692. The highest BCUT2D eigenvalue weighted by molar-refractivity contribution is 5.43. The summed E-state index contributed by atoms with van der Waals surface area (Å²) in [6, 6.07) is 17.3. The van der Waals surface area contributed by atoms with Gasteiger partial charge in [-0.25, -0.2) is 0 Å². The highest BCUT2D eigenvalue weighted by Crippen LogP contribution is 2.35. The second kappa shape index (κ2) is 6.96. The van der Waals surface area contributed by atoms with Crippen LogP contribution >= 0.6 is 0 Å². The molecule has 1 atom stereocenters. The molecule has 1 fully saturated rings. The molecule has 2 heterocycles. The summed E-state index contributed by atoms with van der Waals surface area (Å²) in [7, 11) is 2.21. The first kappa shape index (κ1) is 15.7. The fourth-order valence-electron chi connectivity index (χ4n) is 3.78. The van der Waals surface area contributed by atoms with Crippen molar-refractivity contribution in [1.82, 2.24) is 9.80 Å². The topological polar surface area (TPSA) is 15.7 Å². The second-order valence-corrected chi connectivity index (χ2v) is 7.02. The maximum absolute atomic E-state index is 6.46. The quantitative estimate of drug-likeness (QED) is 0.862. The minimum Gasteiger partial charge on any atom is -0.485 e. The molecule has 0 amide bonds. The summed E-state index contributed by atoms with van der Waals surface area (Å²) < 4.78 is 6.46. The van der Waals surface area contributed by atoms with Gasteiger partial charge in [0.25, 0.3) is 0 Å². The second-order valence-electron chi connectivity index (χ2n) is 7.02. The summed E-state index contributed by atoms with van der Waals surface area (Å²) >= 11 is 0. The van der Waals surface area contributed by atoms with E-state index < -0.39 is 0 Å². The first-order valence-corrected chi connectivity index (χ1v) is 9.03. The molecule has 0 N–H and O–H groups in total. The molecule has 0 aliphatic carbocycles. The van der Waals surface area contributed by atoms with E-state index in [1.807, 2.05) is 0 Å². The smallest absolute Gasteiger partial charge is 0.125 e. The molecule has 0 saturated carbocycles. The van der Waals surface area contributed by atoms with Crippen molar-refractivity contribution in [2.24, 2.45) is 0 Å². The molecule has 126 valence electrons. The number of ether oxygens (including phenoxy) is 1. The Balaban J connectivity index is 1.53. The molecule has 0 aromatic heterocycles. The molecular weight excluding hydrogens is 296 g/mol. The van der Waals surface area contributed by atoms with Gasteiger partial charge in [0.2, 0.25) is 0 Å². The molecule has 4 rings (SSSR count). The van der Waals surface area contributed by atoms with Crippen LogP contribution in [0, 0.1) is 0 Å². The van der Waals surface area contributed by atoms with Crippen LogP contribution in [0.2, 0.25) is 0 Å². The Hall–Kier alpha value is -1.84. The summed E-state index contributed by atoms with van der Waals surface area (Å²) in [4.78, 5) is 4.98. The Kier molecular flexibility index (Phi) is 4.54. The number of para-hydroxylation sites is 1. The zero-order valence-electron chi connectivity index (χ0n) is 14.4. The van der Waals surface area contributed by atoms with Gasteiger partial charge >= 0.3 is 0 Å². The Labute approximate surface area is 144 Å². The fraction of sp³-hybridized carbons (Fsp3) is 0.429. The minimum atomic E-state index is 0.157. The van der Waals surface area contributed by atoms with Gasteiger partial charge in [-0.1, -0.05) is 42.5 Å². The normalized spacial score (nSPS) is 21.5. The third kappa shape index (κ3) is 3.33. The maximum atomic E-state index is 6.46. The van der Waals surface area contributed by atoms with Crippen molar-refractivity contribution < 1.29 is 4.74 Å². The van der Waals surface area contributed by atoms with Crippen LogP contribution in [-0.2, 0) is 6.42 Å². The maximum Gasteiger partial charge on any atom is 0.125 e. The van der Waals surface area contributed by atoms with Crippen molar-refractivity contribution >= 4 is 0 Å². The zero-order valence-corrected chi connectivity index (χ0v) is 14.4. The van der Waals surface area contributed by atoms with E-state index in [1.165, 1.54) is 42.9 Å². The molecule has 2 aromatic rings. The van der Waals surface area contributed by atoms with Gasteiger partial charge in [-0.2, -0.15) is 0 Å². The highest BCUT2D eigenvalue weighted by atomic mass is 16.5. The summed E-state index contributed by atoms with van der Waals surface area (Å²) in [5.74, 6) is 1.05. The van der Waals surface area contributed by atoms with Gasteiger partial charge < -0.3 is 14.5 Å². The van der Waals surface area contributed by atoms with Crippen LogP contribution in [0.4, 0.5) is 0 Å². The van der Waals surface area contributed by atoms with Crippen molar-refractivity contribution in [3.8, 4) is 5.75 Å². The summed E-state index contributed by atoms with van der Waals surface area (Å²) in [6.45, 7) is 5.79. The molecule has 2 aromatic carbocycles. The molecular formula is C21H26N2O. The first-order valence-electron chi connectivity index (χ1n) is 9.03. The minimum absolute atomic E-state index is 0.157. The molecule has 3 heteroatoms. The van der Waals surface area contributed by atoms with Gasteiger partial charge in [-0.05, 0) is 29.8 Å². The van der Waals surface area contributed by atoms with Gasteiger partial charge in [0, 0.05) is 45.6 Å². The molecule has 24 heavy (non-hydrogen) atoms. The summed E-state index contributed by atoms with van der Waals surface area (Å²) in [5.41, 5.74) is 4.07. The molecule has 0 radical (unpaired) electrons. The molecule has 1 saturated heterocycles. The van der Waals surface area contributed by atoms with E-state index in [-0.39, 0.29) is 6.10 Å². The SMILES string of the molecule is CN1CCN(CCC2Oc3ccccc3Cc3ccccc32)CC1. The third-order valence-electron chi connectivity index (χ3n) is 5.33. The van der Waals surface area contributed by atoms with Crippen LogP contribution in [0.25, 0.3) is 0 Å². The zero-order chi connectivity index (χ0) is 16.4. The largest absolute Gasteiger partial charge is 0.485 e. The number of rotatable bonds is 3. The number of nitrogens with zero attached hydrogens (tertiary/aromatic N) is 2. The number of benzene rings is 2. The number of fused-ring (bicyclic) bond motifs is 2. The van der Waals surface area contributed by atoms with E-state index >= 15 is 0 Å². The van der Waals surface area contributed by atoms with E-state index in [4.69, 9.17) is 4.74 Å². The molecule has 3 nitrogen and oxygen atoms in total. The van der Waals surface area contributed by atoms with Crippen molar-refractivity contribution in [3.05, 3.63) is 65.2 Å². The predicted molar refractivity (Wildman–Crippen MR) is 97.6 cm³/mol. The Morgan fingerprint density at radius 3 is 2.46 bits per heavy atom. The van der Waals surface area contributed by atoms with E-state index in [0.29, 0.717) is 0 Å². The Morgan fingerprint density at radius 2 is 1.62 bits per heavy atom. The number of hydrogen-bond acceptors (Lipinski definition) is 3. The Morgan fingerprint density at radius 1 is 0.917 bits per heavy atom. The van der Waals surface area contributed by atoms with Crippen LogP contribution in [-0.4, -0.2) is 49.6 Å². The monoisotopic (exact) mass is 322 g/mol. The van der Waals surface area contributed by atoms with Crippen molar-refractivity contribution in [3.63, 3.8) is 0 Å². The van der Waals surface area contributed by atoms with Gasteiger partial charge in [0.15, 0.2) is 0 Å². The van der Waals surface area contributed by atoms with E-state index in [0.717, 1.165) is 25.1 Å². The number of hydrogen-bond donors (Lipinski definition) is 0. The molecule has 0 spiro atoms. The summed E-state index contributed by atoms with van der Waals surface area (Å²) in [6.07, 6.45) is 2.18. The molecule has 2 aliphatic rings. The van der Waals surface area contributed by atoms with Gasteiger partial charge in [0.1, 0.15) is 11.9 Å².